The van der Waals surface area contributed by atoms with Crippen LogP contribution >= 0.6 is 15.6 Å². The molecule has 0 aromatic rings. The minimum absolute atomic E-state index is 0.107. The number of esters is 4. The monoisotopic (exact) mass is 1480 g/mol. The molecule has 0 fully saturated rings. The number of unbranched alkanes of at least 4 members (excludes halogenated alkanes) is 54. The molecule has 0 amide bonds. The van der Waals surface area contributed by atoms with Gasteiger partial charge in [0.15, 0.2) is 12.2 Å². The molecular formula is C82H160O17P2. The van der Waals surface area contributed by atoms with Crippen molar-refractivity contribution < 1.29 is 80.2 Å². The summed E-state index contributed by atoms with van der Waals surface area (Å²) in [7, 11) is -9.92. The molecule has 3 N–H and O–H groups in total. The highest BCUT2D eigenvalue weighted by Gasteiger charge is 2.30. The van der Waals surface area contributed by atoms with E-state index in [1.807, 2.05) is 0 Å². The number of aliphatic hydroxyl groups is 1. The van der Waals surface area contributed by atoms with E-state index in [2.05, 4.69) is 34.6 Å². The SMILES string of the molecule is CCCCCCCCCCCCCCCCCCCCC(=O)OC[C@H](COP(=O)(O)OC[C@@H](O)COP(=O)(O)OC[C@@H](COC(=O)CCCCCCCCCCCCCC)OC(=O)CCCCCCCCCCCCC(C)C)OC(=O)CCCCCCCCCCCCCCCCCCCC. The first-order valence-corrected chi connectivity index (χ1v) is 45.6. The normalized spacial score (nSPS) is 13.8. The fourth-order valence-electron chi connectivity index (χ4n) is 12.8. The van der Waals surface area contributed by atoms with Crippen molar-refractivity contribution in [1.29, 1.82) is 0 Å². The van der Waals surface area contributed by atoms with Gasteiger partial charge in [0, 0.05) is 25.7 Å². The Morgan fingerprint density at radius 2 is 0.455 bits per heavy atom. The van der Waals surface area contributed by atoms with Crippen molar-refractivity contribution in [2.24, 2.45) is 5.92 Å². The molecular weight excluding hydrogens is 1320 g/mol. The minimum Gasteiger partial charge on any atom is -0.462 e. The Morgan fingerprint density at radius 1 is 0.267 bits per heavy atom. The van der Waals surface area contributed by atoms with Gasteiger partial charge in [-0.15, -0.1) is 0 Å². The van der Waals surface area contributed by atoms with E-state index in [0.717, 1.165) is 95.8 Å². The van der Waals surface area contributed by atoms with Crippen molar-refractivity contribution >= 4 is 39.5 Å². The lowest BCUT2D eigenvalue weighted by atomic mass is 10.0. The molecule has 101 heavy (non-hydrogen) atoms. The third-order valence-electron chi connectivity index (χ3n) is 19.3. The van der Waals surface area contributed by atoms with Gasteiger partial charge in [0.2, 0.25) is 0 Å². The molecule has 0 aliphatic carbocycles. The van der Waals surface area contributed by atoms with Crippen LogP contribution in [-0.2, 0) is 65.4 Å². The number of phosphoric ester groups is 2. The van der Waals surface area contributed by atoms with E-state index in [1.165, 1.54) is 263 Å². The van der Waals surface area contributed by atoms with Crippen molar-refractivity contribution in [1.82, 2.24) is 0 Å². The molecule has 0 saturated heterocycles. The Labute approximate surface area is 619 Å². The van der Waals surface area contributed by atoms with Crippen molar-refractivity contribution in [2.75, 3.05) is 39.6 Å². The van der Waals surface area contributed by atoms with Crippen LogP contribution in [0.5, 0.6) is 0 Å². The molecule has 0 aromatic heterocycles. The molecule has 5 atom stereocenters. The van der Waals surface area contributed by atoms with Crippen molar-refractivity contribution in [3.63, 3.8) is 0 Å². The average molecular weight is 1480 g/mol. The zero-order valence-corrected chi connectivity index (χ0v) is 67.8. The maximum atomic E-state index is 13.1. The first-order valence-electron chi connectivity index (χ1n) is 42.6. The van der Waals surface area contributed by atoms with Crippen LogP contribution in [-0.4, -0.2) is 96.7 Å². The van der Waals surface area contributed by atoms with Gasteiger partial charge < -0.3 is 33.8 Å². The molecule has 0 bridgehead atoms. The van der Waals surface area contributed by atoms with Gasteiger partial charge >= 0.3 is 39.5 Å². The summed E-state index contributed by atoms with van der Waals surface area (Å²) in [6.07, 6.45) is 66.5. The van der Waals surface area contributed by atoms with Gasteiger partial charge in [-0.05, 0) is 31.6 Å². The lowest BCUT2D eigenvalue weighted by Crippen LogP contribution is -2.30. The number of phosphoric acid groups is 2. The third kappa shape index (κ3) is 76.1. The second-order valence-electron chi connectivity index (χ2n) is 30.0. The number of carbonyl (C=O) groups excluding carboxylic acids is 4. The van der Waals surface area contributed by atoms with E-state index in [4.69, 9.17) is 37.0 Å². The number of rotatable bonds is 82. The quantitative estimate of drug-likeness (QED) is 0.0222. The zero-order valence-electron chi connectivity index (χ0n) is 66.1. The van der Waals surface area contributed by atoms with Gasteiger partial charge in [0.1, 0.15) is 19.3 Å². The van der Waals surface area contributed by atoms with Gasteiger partial charge in [-0.1, -0.05) is 388 Å². The Hall–Kier alpha value is -1.94. The highest BCUT2D eigenvalue weighted by atomic mass is 31.2. The van der Waals surface area contributed by atoms with E-state index in [9.17, 15) is 43.2 Å². The Kier molecular flexibility index (Phi) is 73.5. The Bertz CT molecular complexity index is 1930. The molecule has 17 nitrogen and oxygen atoms in total. The number of hydrogen-bond acceptors (Lipinski definition) is 15. The van der Waals surface area contributed by atoms with Gasteiger partial charge in [-0.3, -0.25) is 37.3 Å². The van der Waals surface area contributed by atoms with Gasteiger partial charge in [0.05, 0.1) is 26.4 Å². The third-order valence-corrected chi connectivity index (χ3v) is 21.2. The summed E-state index contributed by atoms with van der Waals surface area (Å²) in [4.78, 5) is 73.1. The molecule has 0 aliphatic rings. The second kappa shape index (κ2) is 74.9. The van der Waals surface area contributed by atoms with Crippen LogP contribution in [0, 0.1) is 5.92 Å². The maximum Gasteiger partial charge on any atom is 0.472 e. The highest BCUT2D eigenvalue weighted by Crippen LogP contribution is 2.45. The lowest BCUT2D eigenvalue weighted by molar-refractivity contribution is -0.161. The van der Waals surface area contributed by atoms with Crippen molar-refractivity contribution in [2.45, 2.75) is 457 Å². The predicted molar refractivity (Wildman–Crippen MR) is 414 cm³/mol. The summed E-state index contributed by atoms with van der Waals surface area (Å²) in [6, 6.07) is 0. The van der Waals surface area contributed by atoms with Gasteiger partial charge in [-0.25, -0.2) is 9.13 Å². The number of hydrogen-bond donors (Lipinski definition) is 3. The molecule has 0 spiro atoms. The largest absolute Gasteiger partial charge is 0.472 e. The van der Waals surface area contributed by atoms with E-state index in [-0.39, 0.29) is 25.7 Å². The summed E-state index contributed by atoms with van der Waals surface area (Å²) < 4.78 is 68.8. The zero-order chi connectivity index (χ0) is 74.1. The molecule has 0 aromatic carbocycles. The maximum absolute atomic E-state index is 13.1. The van der Waals surface area contributed by atoms with E-state index in [1.54, 1.807) is 0 Å². The predicted octanol–water partition coefficient (Wildman–Crippen LogP) is 24.8. The van der Waals surface area contributed by atoms with Crippen LogP contribution in [0.15, 0.2) is 0 Å². The van der Waals surface area contributed by atoms with Crippen LogP contribution in [0.25, 0.3) is 0 Å². The van der Waals surface area contributed by atoms with E-state index in [0.29, 0.717) is 25.7 Å². The van der Waals surface area contributed by atoms with Crippen LogP contribution < -0.4 is 0 Å². The van der Waals surface area contributed by atoms with Crippen LogP contribution in [0.3, 0.4) is 0 Å². The first kappa shape index (κ1) is 99.1. The van der Waals surface area contributed by atoms with Crippen LogP contribution in [0.2, 0.25) is 0 Å². The highest BCUT2D eigenvalue weighted by molar-refractivity contribution is 7.47. The molecule has 0 heterocycles. The number of carbonyl (C=O) groups is 4. The Morgan fingerprint density at radius 3 is 0.673 bits per heavy atom. The van der Waals surface area contributed by atoms with Crippen LogP contribution in [0.1, 0.15) is 439 Å². The molecule has 0 saturated carbocycles. The summed E-state index contributed by atoms with van der Waals surface area (Å²) >= 11 is 0. The molecule has 0 rings (SSSR count). The molecule has 19 heteroatoms. The molecule has 0 aliphatic heterocycles. The minimum atomic E-state index is -4.96. The van der Waals surface area contributed by atoms with E-state index >= 15 is 0 Å². The van der Waals surface area contributed by atoms with Gasteiger partial charge in [0.25, 0.3) is 0 Å². The van der Waals surface area contributed by atoms with Crippen molar-refractivity contribution in [3.05, 3.63) is 0 Å². The summed E-state index contributed by atoms with van der Waals surface area (Å²) in [5.41, 5.74) is 0. The number of ether oxygens (including phenoxy) is 4. The topological polar surface area (TPSA) is 237 Å². The summed E-state index contributed by atoms with van der Waals surface area (Å²) in [5, 5.41) is 10.7. The fourth-order valence-corrected chi connectivity index (χ4v) is 14.3. The smallest absolute Gasteiger partial charge is 0.462 e. The Balaban J connectivity index is 5.25. The fraction of sp³-hybridized carbons (Fsp3) is 0.951. The van der Waals surface area contributed by atoms with E-state index < -0.39 is 97.5 Å². The first-order chi connectivity index (χ1) is 49.0. The molecule has 2 unspecified atom stereocenters. The summed E-state index contributed by atoms with van der Waals surface area (Å²) in [6.45, 7) is 7.33. The van der Waals surface area contributed by atoms with Crippen molar-refractivity contribution in [3.8, 4) is 0 Å². The number of aliphatic hydroxyl groups excluding tert-OH is 1. The average Bonchev–Trinajstić information content (AvgIpc) is 0.921. The summed E-state index contributed by atoms with van der Waals surface area (Å²) in [5.74, 6) is -1.35. The molecule has 0 radical (unpaired) electrons. The van der Waals surface area contributed by atoms with Gasteiger partial charge in [-0.2, -0.15) is 0 Å². The molecule has 600 valence electrons. The second-order valence-corrected chi connectivity index (χ2v) is 32.9. The lowest BCUT2D eigenvalue weighted by Gasteiger charge is -2.21. The van der Waals surface area contributed by atoms with Crippen LogP contribution in [0.4, 0.5) is 0 Å². The standard InChI is InChI=1S/C82H160O17P2/c1-6-9-12-15-18-21-24-27-29-31-33-35-37-40-46-51-56-61-66-80(85)93-71-77(98-81(86)67-62-57-52-47-41-38-36-34-32-30-28-25-22-19-16-13-10-7-2)73-96-100(88,89)94-69-76(83)70-95-101(90,91)97-74-78(72-92-79(84)65-60-55-50-45-39-26-23-20-17-14-11-8-3)99-82(87)68-63-58-53-48-43-42-44-49-54-59-64-75(4)5/h75-78,83H,6-74H2,1-5H3,(H,88,89)(H,90,91)/t76-,77-,78-/m1/s1.